The summed E-state index contributed by atoms with van der Waals surface area (Å²) in [5.74, 6) is 0. The summed E-state index contributed by atoms with van der Waals surface area (Å²) in [5.41, 5.74) is 9.68. The van der Waals surface area contributed by atoms with Gasteiger partial charge in [-0.05, 0) is 38.2 Å². The number of rotatable bonds is 2. The summed E-state index contributed by atoms with van der Waals surface area (Å²) >= 11 is 0. The van der Waals surface area contributed by atoms with E-state index in [4.69, 9.17) is 5.73 Å². The van der Waals surface area contributed by atoms with Crippen molar-refractivity contribution in [1.29, 1.82) is 0 Å². The highest BCUT2D eigenvalue weighted by molar-refractivity contribution is 5.27. The lowest BCUT2D eigenvalue weighted by atomic mass is 9.96. The second kappa shape index (κ2) is 3.50. The van der Waals surface area contributed by atoms with Crippen molar-refractivity contribution in [3.63, 3.8) is 0 Å². The zero-order valence-electron chi connectivity index (χ0n) is 8.21. The minimum atomic E-state index is 0.688. The van der Waals surface area contributed by atoms with Crippen LogP contribution >= 0.6 is 0 Å². The molecule has 0 saturated heterocycles. The zero-order valence-corrected chi connectivity index (χ0v) is 8.21. The maximum absolute atomic E-state index is 5.54. The Bertz CT molecular complexity index is 301. The highest BCUT2D eigenvalue weighted by Crippen LogP contribution is 2.23. The van der Waals surface area contributed by atoms with Crippen LogP contribution in [0.15, 0.2) is 0 Å². The van der Waals surface area contributed by atoms with E-state index in [2.05, 4.69) is 16.7 Å². The monoisotopic (exact) mass is 179 g/mol. The Morgan fingerprint density at radius 3 is 2.92 bits per heavy atom. The van der Waals surface area contributed by atoms with Gasteiger partial charge in [0.1, 0.15) is 0 Å². The molecule has 0 aromatic carbocycles. The van der Waals surface area contributed by atoms with Gasteiger partial charge in [0.2, 0.25) is 0 Å². The minimum absolute atomic E-state index is 0.688. The molecule has 13 heavy (non-hydrogen) atoms. The quantitative estimate of drug-likeness (QED) is 0.737. The van der Waals surface area contributed by atoms with Crippen LogP contribution < -0.4 is 5.73 Å². The predicted molar refractivity (Wildman–Crippen MR) is 52.7 cm³/mol. The van der Waals surface area contributed by atoms with Crippen LogP contribution in [0.1, 0.15) is 29.8 Å². The third-order valence-electron chi connectivity index (χ3n) is 2.80. The fourth-order valence-corrected chi connectivity index (χ4v) is 2.17. The molecule has 0 radical (unpaired) electrons. The van der Waals surface area contributed by atoms with Crippen LogP contribution in [0, 0.1) is 6.92 Å². The molecule has 0 saturated carbocycles. The van der Waals surface area contributed by atoms with Crippen molar-refractivity contribution in [2.45, 2.75) is 39.2 Å². The van der Waals surface area contributed by atoms with Gasteiger partial charge in [0.15, 0.2) is 0 Å². The Balaban J connectivity index is 2.36. The van der Waals surface area contributed by atoms with Gasteiger partial charge in [0.05, 0.1) is 12.2 Å². The first-order valence-electron chi connectivity index (χ1n) is 5.08. The summed E-state index contributed by atoms with van der Waals surface area (Å²) in [6.45, 7) is 3.67. The fourth-order valence-electron chi connectivity index (χ4n) is 2.17. The Morgan fingerprint density at radius 1 is 1.38 bits per heavy atom. The van der Waals surface area contributed by atoms with Gasteiger partial charge in [-0.2, -0.15) is 5.10 Å². The van der Waals surface area contributed by atoms with Crippen LogP contribution in [0.25, 0.3) is 0 Å². The molecule has 0 bridgehead atoms. The van der Waals surface area contributed by atoms with Crippen LogP contribution in [-0.2, 0) is 19.4 Å². The van der Waals surface area contributed by atoms with Gasteiger partial charge in [-0.1, -0.05) is 0 Å². The number of aromatic nitrogens is 2. The summed E-state index contributed by atoms with van der Waals surface area (Å²) in [5, 5.41) is 4.52. The second-order valence-corrected chi connectivity index (χ2v) is 3.73. The minimum Gasteiger partial charge on any atom is -0.329 e. The van der Waals surface area contributed by atoms with Crippen LogP contribution in [0.2, 0.25) is 0 Å². The average molecular weight is 179 g/mol. The van der Waals surface area contributed by atoms with E-state index in [9.17, 15) is 0 Å². The smallest absolute Gasteiger partial charge is 0.0628 e. The van der Waals surface area contributed by atoms with E-state index in [-0.39, 0.29) is 0 Å². The highest BCUT2D eigenvalue weighted by Gasteiger charge is 2.17. The van der Waals surface area contributed by atoms with Gasteiger partial charge in [0.25, 0.3) is 0 Å². The van der Waals surface area contributed by atoms with E-state index in [1.807, 2.05) is 0 Å². The predicted octanol–water partition coefficient (Wildman–Crippen LogP) is 1.03. The van der Waals surface area contributed by atoms with Crippen molar-refractivity contribution in [3.8, 4) is 0 Å². The Labute approximate surface area is 78.9 Å². The lowest BCUT2D eigenvalue weighted by molar-refractivity contribution is 0.562. The Morgan fingerprint density at radius 2 is 2.15 bits per heavy atom. The Hall–Kier alpha value is -0.830. The average Bonchev–Trinajstić information content (AvgIpc) is 2.46. The number of hydrogen-bond donors (Lipinski definition) is 1. The molecule has 1 aromatic rings. The third kappa shape index (κ3) is 1.48. The molecule has 2 N–H and O–H groups in total. The highest BCUT2D eigenvalue weighted by atomic mass is 15.3. The molecule has 0 unspecified atom stereocenters. The topological polar surface area (TPSA) is 43.8 Å². The molecule has 0 atom stereocenters. The molecular weight excluding hydrogens is 162 g/mol. The first kappa shape index (κ1) is 8.75. The van der Waals surface area contributed by atoms with E-state index in [0.29, 0.717) is 6.54 Å². The van der Waals surface area contributed by atoms with E-state index in [1.165, 1.54) is 42.6 Å². The number of nitrogens with zero attached hydrogens (tertiary/aromatic N) is 2. The number of aryl methyl sites for hydroxylation is 1. The van der Waals surface area contributed by atoms with Crippen molar-refractivity contribution in [2.75, 3.05) is 6.54 Å². The molecule has 0 spiro atoms. The summed E-state index contributed by atoms with van der Waals surface area (Å²) in [4.78, 5) is 0. The third-order valence-corrected chi connectivity index (χ3v) is 2.80. The lowest BCUT2D eigenvalue weighted by Gasteiger charge is -2.13. The molecule has 3 nitrogen and oxygen atoms in total. The molecule has 1 aliphatic carbocycles. The molecule has 0 fully saturated rings. The molecule has 72 valence electrons. The molecule has 0 aliphatic heterocycles. The van der Waals surface area contributed by atoms with E-state index in [1.54, 1.807) is 0 Å². The molecule has 2 rings (SSSR count). The van der Waals surface area contributed by atoms with E-state index >= 15 is 0 Å². The normalized spacial score (nSPS) is 15.8. The fraction of sp³-hybridized carbons (Fsp3) is 0.700. The molecular formula is C10H17N3. The van der Waals surface area contributed by atoms with Crippen molar-refractivity contribution >= 4 is 0 Å². The molecule has 1 aliphatic rings. The number of hydrogen-bond acceptors (Lipinski definition) is 2. The molecule has 0 amide bonds. The van der Waals surface area contributed by atoms with Crippen molar-refractivity contribution in [1.82, 2.24) is 9.78 Å². The number of fused-ring (bicyclic) bond motifs is 1. The maximum Gasteiger partial charge on any atom is 0.0628 e. The van der Waals surface area contributed by atoms with Gasteiger partial charge in [0, 0.05) is 12.2 Å². The van der Waals surface area contributed by atoms with Gasteiger partial charge >= 0.3 is 0 Å². The molecule has 1 heterocycles. The standard InChI is InChI=1S/C10H17N3/c1-8-9-4-2-3-5-10(9)13(12-8)7-6-11/h2-7,11H2,1H3. The zero-order chi connectivity index (χ0) is 9.26. The molecule has 3 heteroatoms. The van der Waals surface area contributed by atoms with Crippen LogP contribution in [0.5, 0.6) is 0 Å². The summed E-state index contributed by atoms with van der Waals surface area (Å²) < 4.78 is 2.10. The molecule has 1 aromatic heterocycles. The van der Waals surface area contributed by atoms with Gasteiger partial charge in [-0.25, -0.2) is 0 Å². The largest absolute Gasteiger partial charge is 0.329 e. The van der Waals surface area contributed by atoms with Gasteiger partial charge in [-0.15, -0.1) is 0 Å². The van der Waals surface area contributed by atoms with E-state index < -0.39 is 0 Å². The van der Waals surface area contributed by atoms with Crippen molar-refractivity contribution in [2.24, 2.45) is 5.73 Å². The second-order valence-electron chi connectivity index (χ2n) is 3.73. The van der Waals surface area contributed by atoms with Crippen LogP contribution in [0.4, 0.5) is 0 Å². The first-order valence-corrected chi connectivity index (χ1v) is 5.08. The van der Waals surface area contributed by atoms with Crippen molar-refractivity contribution < 1.29 is 0 Å². The Kier molecular flexibility index (Phi) is 2.36. The summed E-state index contributed by atoms with van der Waals surface area (Å²) in [7, 11) is 0. The van der Waals surface area contributed by atoms with Gasteiger partial charge in [-0.3, -0.25) is 4.68 Å². The lowest BCUT2D eigenvalue weighted by Crippen LogP contribution is -2.15. The summed E-state index contributed by atoms with van der Waals surface area (Å²) in [6.07, 6.45) is 5.03. The maximum atomic E-state index is 5.54. The van der Waals surface area contributed by atoms with Crippen LogP contribution in [-0.4, -0.2) is 16.3 Å². The first-order chi connectivity index (χ1) is 6.33. The SMILES string of the molecule is Cc1nn(CCN)c2c1CCCC2. The van der Waals surface area contributed by atoms with Crippen molar-refractivity contribution in [3.05, 3.63) is 17.0 Å². The van der Waals surface area contributed by atoms with Gasteiger partial charge < -0.3 is 5.73 Å². The van der Waals surface area contributed by atoms with Crippen LogP contribution in [0.3, 0.4) is 0 Å². The summed E-state index contributed by atoms with van der Waals surface area (Å²) in [6, 6.07) is 0. The van der Waals surface area contributed by atoms with E-state index in [0.717, 1.165) is 6.54 Å². The number of nitrogens with two attached hydrogens (primary N) is 1.